The number of benzene rings is 3. The Bertz CT molecular complexity index is 1370. The van der Waals surface area contributed by atoms with E-state index in [1.165, 1.54) is 42.5 Å². The van der Waals surface area contributed by atoms with E-state index in [4.69, 9.17) is 4.28 Å². The molecule has 0 fully saturated rings. The average molecular weight is 432 g/mol. The zero-order chi connectivity index (χ0) is 21.0. The van der Waals surface area contributed by atoms with Crippen molar-refractivity contribution in [2.24, 2.45) is 0 Å². The number of carbonyl (C=O) groups excluding carboxylic acids is 2. The minimum absolute atomic E-state index is 0.0589. The summed E-state index contributed by atoms with van der Waals surface area (Å²) in [7, 11) is -9.36. The van der Waals surface area contributed by atoms with Gasteiger partial charge in [0.1, 0.15) is 10.1 Å². The van der Waals surface area contributed by atoms with Crippen molar-refractivity contribution in [3.63, 3.8) is 0 Å². The Hall–Kier alpha value is -3.12. The van der Waals surface area contributed by atoms with Crippen LogP contribution in [0.2, 0.25) is 0 Å². The van der Waals surface area contributed by atoms with Crippen molar-refractivity contribution in [3.8, 4) is 0 Å². The number of hydrogen-bond acceptors (Lipinski definition) is 8. The number of carbonyl (C=O) groups is 2. The van der Waals surface area contributed by atoms with E-state index in [9.17, 15) is 31.0 Å². The van der Waals surface area contributed by atoms with Gasteiger partial charge in [0.2, 0.25) is 0 Å². The topological polar surface area (TPSA) is 138 Å². The summed E-state index contributed by atoms with van der Waals surface area (Å²) in [6.45, 7) is 0. The van der Waals surface area contributed by atoms with E-state index in [0.29, 0.717) is 0 Å². The fourth-order valence-corrected chi connectivity index (χ4v) is 4.64. The van der Waals surface area contributed by atoms with Crippen LogP contribution in [0.1, 0.15) is 20.7 Å². The standard InChI is InChI=1S/C18H11NO8S2/c20-17-13-8-4-7-12-15(28(22,23)24)10-9-14(16(12)13)18(21)19(17)27-29(25,26)11-5-2-1-3-6-11/h1-10H,(H,22,23,24)/p-1. The van der Waals surface area contributed by atoms with Gasteiger partial charge in [0.15, 0.2) is 0 Å². The molecule has 0 bridgehead atoms. The normalized spacial score (nSPS) is 14.4. The molecule has 0 unspecified atom stereocenters. The third-order valence-electron chi connectivity index (χ3n) is 4.30. The van der Waals surface area contributed by atoms with Crippen molar-refractivity contribution in [1.29, 1.82) is 0 Å². The summed E-state index contributed by atoms with van der Waals surface area (Å²) in [6, 6.07) is 12.8. The van der Waals surface area contributed by atoms with Gasteiger partial charge in [0.05, 0.1) is 20.9 Å². The van der Waals surface area contributed by atoms with Crippen LogP contribution in [0.3, 0.4) is 0 Å². The Labute approximate surface area is 165 Å². The molecule has 148 valence electrons. The summed E-state index contributed by atoms with van der Waals surface area (Å²) in [5, 5.41) is -0.0659. The van der Waals surface area contributed by atoms with Crippen molar-refractivity contribution in [3.05, 3.63) is 71.8 Å². The second-order valence-electron chi connectivity index (χ2n) is 6.04. The van der Waals surface area contributed by atoms with Crippen LogP contribution in [0, 0.1) is 0 Å². The number of hydroxylamine groups is 2. The third kappa shape index (κ3) is 3.09. The molecule has 9 nitrogen and oxygen atoms in total. The largest absolute Gasteiger partial charge is 0.744 e. The quantitative estimate of drug-likeness (QED) is 0.448. The highest BCUT2D eigenvalue weighted by molar-refractivity contribution is 7.86. The van der Waals surface area contributed by atoms with Gasteiger partial charge in [-0.05, 0) is 30.3 Å². The molecule has 11 heteroatoms. The maximum atomic E-state index is 12.8. The summed E-state index contributed by atoms with van der Waals surface area (Å²) < 4.78 is 64.2. The Morgan fingerprint density at radius 3 is 2.00 bits per heavy atom. The molecule has 4 rings (SSSR count). The summed E-state index contributed by atoms with van der Waals surface area (Å²) in [5.41, 5.74) is -0.350. The lowest BCUT2D eigenvalue weighted by atomic mass is 9.95. The van der Waals surface area contributed by atoms with Gasteiger partial charge >= 0.3 is 10.1 Å². The first-order valence-electron chi connectivity index (χ1n) is 8.01. The molecule has 0 saturated heterocycles. The van der Waals surface area contributed by atoms with Crippen LogP contribution in [0.5, 0.6) is 0 Å². The number of rotatable bonds is 4. The molecule has 1 heterocycles. The molecular formula is C18H10NO8S2-. The van der Waals surface area contributed by atoms with Crippen LogP contribution in [0.15, 0.2) is 70.5 Å². The summed E-state index contributed by atoms with van der Waals surface area (Å²) in [6.07, 6.45) is 0. The molecule has 0 aliphatic carbocycles. The van der Waals surface area contributed by atoms with E-state index in [1.807, 2.05) is 0 Å². The Kier molecular flexibility index (Phi) is 4.28. The lowest BCUT2D eigenvalue weighted by Gasteiger charge is -2.26. The summed E-state index contributed by atoms with van der Waals surface area (Å²) >= 11 is 0. The van der Waals surface area contributed by atoms with Crippen LogP contribution < -0.4 is 0 Å². The first kappa shape index (κ1) is 19.2. The number of amides is 2. The van der Waals surface area contributed by atoms with Gasteiger partial charge in [-0.3, -0.25) is 9.59 Å². The number of hydrogen-bond donors (Lipinski definition) is 0. The van der Waals surface area contributed by atoms with Gasteiger partial charge in [-0.1, -0.05) is 30.3 Å². The fraction of sp³-hybridized carbons (Fsp3) is 0. The molecule has 0 N–H and O–H groups in total. The smallest absolute Gasteiger partial charge is 0.318 e. The fourth-order valence-electron chi connectivity index (χ4n) is 3.06. The highest BCUT2D eigenvalue weighted by atomic mass is 32.2. The van der Waals surface area contributed by atoms with Crippen LogP contribution in [-0.4, -0.2) is 38.3 Å². The summed E-state index contributed by atoms with van der Waals surface area (Å²) in [5.74, 6) is -2.21. The number of nitrogens with zero attached hydrogens (tertiary/aromatic N) is 1. The minimum atomic E-state index is -4.87. The van der Waals surface area contributed by atoms with Crippen molar-refractivity contribution in [1.82, 2.24) is 5.06 Å². The van der Waals surface area contributed by atoms with Crippen LogP contribution in [-0.2, 0) is 24.5 Å². The lowest BCUT2D eigenvalue weighted by Crippen LogP contribution is -2.41. The first-order chi connectivity index (χ1) is 13.6. The molecule has 3 aromatic rings. The Morgan fingerprint density at radius 1 is 0.759 bits per heavy atom. The van der Waals surface area contributed by atoms with E-state index < -0.39 is 36.9 Å². The van der Waals surface area contributed by atoms with E-state index in [2.05, 4.69) is 0 Å². The second-order valence-corrected chi connectivity index (χ2v) is 8.92. The predicted molar refractivity (Wildman–Crippen MR) is 97.1 cm³/mol. The van der Waals surface area contributed by atoms with Gasteiger partial charge in [-0.25, -0.2) is 8.42 Å². The van der Waals surface area contributed by atoms with E-state index in [1.54, 1.807) is 6.07 Å². The van der Waals surface area contributed by atoms with Gasteiger partial charge in [-0.2, -0.15) is 8.42 Å². The molecule has 2 amide bonds. The first-order valence-corrected chi connectivity index (χ1v) is 10.8. The molecule has 0 atom stereocenters. The minimum Gasteiger partial charge on any atom is -0.744 e. The lowest BCUT2D eigenvalue weighted by molar-refractivity contribution is -0.0155. The van der Waals surface area contributed by atoms with E-state index in [0.717, 1.165) is 12.1 Å². The Morgan fingerprint density at radius 2 is 1.38 bits per heavy atom. The molecule has 0 spiro atoms. The monoisotopic (exact) mass is 432 g/mol. The molecule has 1 aliphatic heterocycles. The van der Waals surface area contributed by atoms with Crippen LogP contribution in [0.25, 0.3) is 10.8 Å². The van der Waals surface area contributed by atoms with E-state index in [-0.39, 0.29) is 31.9 Å². The average Bonchev–Trinajstić information content (AvgIpc) is 2.68. The maximum absolute atomic E-state index is 12.8. The Balaban J connectivity index is 1.87. The highest BCUT2D eigenvalue weighted by Gasteiger charge is 2.38. The molecule has 0 saturated carbocycles. The number of imide groups is 1. The molecular weight excluding hydrogens is 422 g/mol. The van der Waals surface area contributed by atoms with Gasteiger partial charge in [-0.15, -0.1) is 9.35 Å². The molecule has 0 aromatic heterocycles. The highest BCUT2D eigenvalue weighted by Crippen LogP contribution is 2.34. The van der Waals surface area contributed by atoms with Crippen molar-refractivity contribution in [2.75, 3.05) is 0 Å². The van der Waals surface area contributed by atoms with Crippen LogP contribution in [0.4, 0.5) is 0 Å². The molecule has 3 aromatic carbocycles. The van der Waals surface area contributed by atoms with E-state index >= 15 is 0 Å². The van der Waals surface area contributed by atoms with Crippen molar-refractivity contribution >= 4 is 42.8 Å². The van der Waals surface area contributed by atoms with Crippen LogP contribution >= 0.6 is 0 Å². The molecule has 1 aliphatic rings. The second kappa shape index (κ2) is 6.46. The van der Waals surface area contributed by atoms with Crippen molar-refractivity contribution < 1.29 is 35.3 Å². The van der Waals surface area contributed by atoms with Gasteiger partial charge < -0.3 is 4.55 Å². The molecule has 0 radical (unpaired) electrons. The zero-order valence-electron chi connectivity index (χ0n) is 14.3. The maximum Gasteiger partial charge on any atom is 0.318 e. The zero-order valence-corrected chi connectivity index (χ0v) is 15.9. The summed E-state index contributed by atoms with van der Waals surface area (Å²) in [4.78, 5) is 24.7. The van der Waals surface area contributed by atoms with Gasteiger partial charge in [0, 0.05) is 10.8 Å². The molecule has 29 heavy (non-hydrogen) atoms. The van der Waals surface area contributed by atoms with Crippen molar-refractivity contribution in [2.45, 2.75) is 9.79 Å². The third-order valence-corrected chi connectivity index (χ3v) is 6.39. The van der Waals surface area contributed by atoms with Gasteiger partial charge in [0.25, 0.3) is 11.8 Å². The SMILES string of the molecule is O=C1c2cccc3c(S(=O)(=O)[O-])ccc(c23)C(=O)N1OS(=O)(=O)c1ccccc1. The predicted octanol–water partition coefficient (Wildman–Crippen LogP) is 1.66.